The third-order valence-electron chi connectivity index (χ3n) is 2.81. The molecule has 0 spiro atoms. The first-order chi connectivity index (χ1) is 7.44. The van der Waals surface area contributed by atoms with Crippen molar-refractivity contribution in [2.24, 2.45) is 0 Å². The Hall–Kier alpha value is -0.600. The van der Waals surface area contributed by atoms with Crippen LogP contribution >= 0.6 is 22.6 Å². The minimum Gasteiger partial charge on any atom is -0.479 e. The Morgan fingerprint density at radius 3 is 2.56 bits per heavy atom. The fourth-order valence-electron chi connectivity index (χ4n) is 2.08. The third kappa shape index (κ3) is 2.38. The highest BCUT2D eigenvalue weighted by Crippen LogP contribution is 2.35. The normalized spacial score (nSPS) is 29.4. The van der Waals surface area contributed by atoms with E-state index in [2.05, 4.69) is 22.6 Å². The molecule has 1 amide bonds. The van der Waals surface area contributed by atoms with Gasteiger partial charge in [-0.1, -0.05) is 22.6 Å². The highest BCUT2D eigenvalue weighted by molar-refractivity contribution is 14.1. The maximum absolute atomic E-state index is 13.2. The summed E-state index contributed by atoms with van der Waals surface area (Å²) in [6.07, 6.45) is -2.27. The van der Waals surface area contributed by atoms with E-state index < -0.39 is 23.8 Å². The first-order valence-corrected chi connectivity index (χ1v) is 6.40. The standard InChI is InChI=1S/C9H13FINO4/c10-6-4-9(7(13)14,2-1-3-11)12(5-6)8(15)16/h6H,1-5H2,(H,13,14)(H,15,16). The van der Waals surface area contributed by atoms with E-state index in [1.54, 1.807) is 0 Å². The molecule has 0 aromatic rings. The number of nitrogens with zero attached hydrogens (tertiary/aromatic N) is 1. The Morgan fingerprint density at radius 2 is 2.12 bits per heavy atom. The molecule has 0 aromatic heterocycles. The van der Waals surface area contributed by atoms with Crippen molar-refractivity contribution in [3.8, 4) is 0 Å². The van der Waals surface area contributed by atoms with Crippen LogP contribution < -0.4 is 0 Å². The molecule has 0 aromatic carbocycles. The lowest BCUT2D eigenvalue weighted by Crippen LogP contribution is -2.52. The van der Waals surface area contributed by atoms with Crippen LogP contribution in [0.4, 0.5) is 9.18 Å². The van der Waals surface area contributed by atoms with Crippen molar-refractivity contribution in [2.75, 3.05) is 11.0 Å². The Morgan fingerprint density at radius 1 is 1.50 bits per heavy atom. The number of amides is 1. The molecule has 1 heterocycles. The van der Waals surface area contributed by atoms with Crippen LogP contribution in [-0.4, -0.2) is 49.9 Å². The van der Waals surface area contributed by atoms with E-state index in [-0.39, 0.29) is 19.4 Å². The number of aliphatic carboxylic acids is 1. The van der Waals surface area contributed by atoms with Gasteiger partial charge in [0, 0.05) is 6.42 Å². The van der Waals surface area contributed by atoms with Gasteiger partial charge in [0.1, 0.15) is 11.7 Å². The summed E-state index contributed by atoms with van der Waals surface area (Å²) in [6.45, 7) is -0.344. The average Bonchev–Trinajstić information content (AvgIpc) is 2.54. The molecule has 0 radical (unpaired) electrons. The number of halogens is 2. The fourth-order valence-corrected chi connectivity index (χ4v) is 2.46. The predicted octanol–water partition coefficient (Wildman–Crippen LogP) is 1.75. The summed E-state index contributed by atoms with van der Waals surface area (Å²) in [5, 5.41) is 18.1. The van der Waals surface area contributed by atoms with E-state index in [0.29, 0.717) is 6.42 Å². The van der Waals surface area contributed by atoms with E-state index in [1.807, 2.05) is 0 Å². The fraction of sp³-hybridized carbons (Fsp3) is 0.778. The summed E-state index contributed by atoms with van der Waals surface area (Å²) in [5.74, 6) is -1.25. The Labute approximate surface area is 106 Å². The summed E-state index contributed by atoms with van der Waals surface area (Å²) in [4.78, 5) is 22.9. The first-order valence-electron chi connectivity index (χ1n) is 4.88. The molecular formula is C9H13FINO4. The second-order valence-corrected chi connectivity index (χ2v) is 4.90. The lowest BCUT2D eigenvalue weighted by molar-refractivity contribution is -0.149. The van der Waals surface area contributed by atoms with Crippen molar-refractivity contribution in [1.29, 1.82) is 0 Å². The van der Waals surface area contributed by atoms with Crippen LogP contribution in [0.1, 0.15) is 19.3 Å². The summed E-state index contributed by atoms with van der Waals surface area (Å²) in [6, 6.07) is 0. The van der Waals surface area contributed by atoms with E-state index in [1.165, 1.54) is 0 Å². The Kier molecular flexibility index (Phi) is 4.34. The van der Waals surface area contributed by atoms with Crippen molar-refractivity contribution in [1.82, 2.24) is 4.90 Å². The van der Waals surface area contributed by atoms with Crippen LogP contribution in [0.3, 0.4) is 0 Å². The molecule has 92 valence electrons. The largest absolute Gasteiger partial charge is 0.479 e. The number of alkyl halides is 2. The number of carboxylic acids is 1. The van der Waals surface area contributed by atoms with Crippen molar-refractivity contribution in [2.45, 2.75) is 31.0 Å². The summed E-state index contributed by atoms with van der Waals surface area (Å²) in [7, 11) is 0. The molecule has 2 atom stereocenters. The molecule has 1 saturated heterocycles. The summed E-state index contributed by atoms with van der Waals surface area (Å²) in [5.41, 5.74) is -1.57. The molecule has 5 nitrogen and oxygen atoms in total. The molecule has 0 aliphatic carbocycles. The molecule has 0 bridgehead atoms. The van der Waals surface area contributed by atoms with Gasteiger partial charge in [0.05, 0.1) is 6.54 Å². The smallest absolute Gasteiger partial charge is 0.408 e. The molecule has 1 fully saturated rings. The van der Waals surface area contributed by atoms with Gasteiger partial charge in [-0.2, -0.15) is 0 Å². The van der Waals surface area contributed by atoms with E-state index in [0.717, 1.165) is 9.33 Å². The van der Waals surface area contributed by atoms with Crippen LogP contribution in [0.5, 0.6) is 0 Å². The van der Waals surface area contributed by atoms with Gasteiger partial charge in [0.15, 0.2) is 0 Å². The molecule has 2 unspecified atom stereocenters. The number of carboxylic acid groups (broad SMARTS) is 2. The number of hydrogen-bond donors (Lipinski definition) is 2. The van der Waals surface area contributed by atoms with Crippen molar-refractivity contribution >= 4 is 34.7 Å². The van der Waals surface area contributed by atoms with Gasteiger partial charge in [-0.3, -0.25) is 4.90 Å². The zero-order valence-corrected chi connectivity index (χ0v) is 10.7. The summed E-state index contributed by atoms with van der Waals surface area (Å²) >= 11 is 2.08. The number of hydrogen-bond acceptors (Lipinski definition) is 2. The van der Waals surface area contributed by atoms with E-state index >= 15 is 0 Å². The second-order valence-electron chi connectivity index (χ2n) is 3.82. The van der Waals surface area contributed by atoms with Gasteiger partial charge in [-0.25, -0.2) is 14.0 Å². The second kappa shape index (κ2) is 5.15. The van der Waals surface area contributed by atoms with Crippen molar-refractivity contribution < 1.29 is 24.2 Å². The van der Waals surface area contributed by atoms with Crippen LogP contribution in [0.15, 0.2) is 0 Å². The van der Waals surface area contributed by atoms with Crippen LogP contribution in [-0.2, 0) is 4.79 Å². The van der Waals surface area contributed by atoms with E-state index in [9.17, 15) is 14.0 Å². The molecule has 1 aliphatic rings. The minimum atomic E-state index is -1.57. The van der Waals surface area contributed by atoms with Gasteiger partial charge in [0.25, 0.3) is 0 Å². The van der Waals surface area contributed by atoms with Crippen LogP contribution in [0, 0.1) is 0 Å². The molecule has 16 heavy (non-hydrogen) atoms. The van der Waals surface area contributed by atoms with Gasteiger partial charge in [0.2, 0.25) is 0 Å². The van der Waals surface area contributed by atoms with E-state index in [4.69, 9.17) is 10.2 Å². The molecule has 1 aliphatic heterocycles. The van der Waals surface area contributed by atoms with Gasteiger partial charge >= 0.3 is 12.1 Å². The first kappa shape index (κ1) is 13.5. The minimum absolute atomic E-state index is 0.165. The highest BCUT2D eigenvalue weighted by atomic mass is 127. The third-order valence-corrected chi connectivity index (χ3v) is 3.57. The maximum Gasteiger partial charge on any atom is 0.408 e. The predicted molar refractivity (Wildman–Crippen MR) is 62.7 cm³/mol. The molecular weight excluding hydrogens is 332 g/mol. The molecule has 1 rings (SSSR count). The van der Waals surface area contributed by atoms with Crippen LogP contribution in [0.25, 0.3) is 0 Å². The van der Waals surface area contributed by atoms with Gasteiger partial charge in [-0.15, -0.1) is 0 Å². The highest BCUT2D eigenvalue weighted by Gasteiger charge is 2.53. The lowest BCUT2D eigenvalue weighted by atomic mass is 9.90. The van der Waals surface area contributed by atoms with Crippen molar-refractivity contribution in [3.63, 3.8) is 0 Å². The summed E-state index contributed by atoms with van der Waals surface area (Å²) < 4.78 is 14.0. The quantitative estimate of drug-likeness (QED) is 0.601. The number of likely N-dealkylation sites (tertiary alicyclic amines) is 1. The maximum atomic E-state index is 13.2. The number of rotatable bonds is 4. The lowest BCUT2D eigenvalue weighted by Gasteiger charge is -2.32. The average molecular weight is 345 g/mol. The molecule has 0 saturated carbocycles. The Balaban J connectivity index is 2.96. The van der Waals surface area contributed by atoms with Gasteiger partial charge < -0.3 is 10.2 Å². The Bertz CT molecular complexity index is 301. The zero-order chi connectivity index (χ0) is 12.3. The number of carbonyl (C=O) groups is 2. The zero-order valence-electron chi connectivity index (χ0n) is 8.53. The monoisotopic (exact) mass is 345 g/mol. The van der Waals surface area contributed by atoms with Crippen LogP contribution in [0.2, 0.25) is 0 Å². The van der Waals surface area contributed by atoms with Gasteiger partial charge in [-0.05, 0) is 17.3 Å². The molecule has 2 N–H and O–H groups in total. The van der Waals surface area contributed by atoms with Crippen molar-refractivity contribution in [3.05, 3.63) is 0 Å². The SMILES string of the molecule is O=C(O)N1CC(F)CC1(CCCI)C(=O)O. The topological polar surface area (TPSA) is 77.8 Å². The molecule has 7 heteroatoms.